The minimum Gasteiger partial charge on any atom is -0.403 e. The quantitative estimate of drug-likeness (QED) is 0.682. The Morgan fingerprint density at radius 1 is 1.06 bits per heavy atom. The summed E-state index contributed by atoms with van der Waals surface area (Å²) in [4.78, 5) is 0. The first kappa shape index (κ1) is 11.1. The maximum absolute atomic E-state index is 6.10. The van der Waals surface area contributed by atoms with Gasteiger partial charge in [-0.3, -0.25) is 0 Å². The molecule has 0 bridgehead atoms. The molecule has 0 radical (unpaired) electrons. The molecule has 0 spiro atoms. The first-order chi connectivity index (χ1) is 7.39. The average molecular weight is 222 g/mol. The fourth-order valence-corrected chi connectivity index (χ4v) is 2.72. The van der Waals surface area contributed by atoms with E-state index < -0.39 is 0 Å². The molecule has 2 atom stereocenters. The van der Waals surface area contributed by atoms with E-state index in [0.29, 0.717) is 5.82 Å². The molecule has 0 unspecified atom stereocenters. The summed E-state index contributed by atoms with van der Waals surface area (Å²) in [5, 5.41) is 0. The van der Waals surface area contributed by atoms with Crippen molar-refractivity contribution in [2.45, 2.75) is 70.4 Å². The van der Waals surface area contributed by atoms with Crippen LogP contribution in [-0.2, 0) is 9.31 Å². The third-order valence-corrected chi connectivity index (χ3v) is 4.93. The molecule has 3 rings (SSSR count). The van der Waals surface area contributed by atoms with Crippen molar-refractivity contribution in [1.29, 1.82) is 0 Å². The molecule has 0 N–H and O–H groups in total. The van der Waals surface area contributed by atoms with E-state index in [4.69, 9.17) is 9.31 Å². The third-order valence-electron chi connectivity index (χ3n) is 4.93. The standard InChI is InChI=1S/C13H23BO2/c1-12(2)13(3,4)16-14(15-12)11-8-10(11)7-9-5-6-9/h9-11H,5-8H2,1-4H3/t10-,11-/m0/s1. The maximum atomic E-state index is 6.10. The lowest BCUT2D eigenvalue weighted by Gasteiger charge is -2.32. The van der Waals surface area contributed by atoms with Gasteiger partial charge in [0.05, 0.1) is 11.2 Å². The Kier molecular flexibility index (Phi) is 2.26. The van der Waals surface area contributed by atoms with Crippen LogP contribution >= 0.6 is 0 Å². The van der Waals surface area contributed by atoms with Crippen molar-refractivity contribution in [1.82, 2.24) is 0 Å². The van der Waals surface area contributed by atoms with Gasteiger partial charge in [0.2, 0.25) is 0 Å². The summed E-state index contributed by atoms with van der Waals surface area (Å²) in [5.74, 6) is 2.61. The first-order valence-electron chi connectivity index (χ1n) is 6.75. The van der Waals surface area contributed by atoms with Crippen LogP contribution in [0.2, 0.25) is 5.82 Å². The fourth-order valence-electron chi connectivity index (χ4n) is 2.72. The van der Waals surface area contributed by atoms with Crippen LogP contribution in [0.1, 0.15) is 53.4 Å². The summed E-state index contributed by atoms with van der Waals surface area (Å²) < 4.78 is 12.2. The zero-order valence-electron chi connectivity index (χ0n) is 11.0. The Morgan fingerprint density at radius 2 is 1.62 bits per heavy atom. The van der Waals surface area contributed by atoms with Crippen molar-refractivity contribution >= 4 is 7.12 Å². The van der Waals surface area contributed by atoms with E-state index in [-0.39, 0.29) is 18.3 Å². The molecule has 0 aromatic heterocycles. The molecule has 3 aliphatic rings. The van der Waals surface area contributed by atoms with Gasteiger partial charge < -0.3 is 9.31 Å². The van der Waals surface area contributed by atoms with Gasteiger partial charge in [0.1, 0.15) is 0 Å². The molecule has 2 aliphatic carbocycles. The SMILES string of the molecule is CC1(C)OB([C@H]2C[C@@H]2CC2CC2)OC1(C)C. The van der Waals surface area contributed by atoms with Gasteiger partial charge in [0, 0.05) is 0 Å². The summed E-state index contributed by atoms with van der Waals surface area (Å²) in [6.07, 6.45) is 5.68. The minimum atomic E-state index is -0.148. The summed E-state index contributed by atoms with van der Waals surface area (Å²) in [5.41, 5.74) is -0.297. The normalized spacial score (nSPS) is 40.1. The van der Waals surface area contributed by atoms with Gasteiger partial charge in [-0.1, -0.05) is 12.8 Å². The zero-order chi connectivity index (χ0) is 11.6. The second-order valence-electron chi connectivity index (χ2n) is 6.96. The van der Waals surface area contributed by atoms with E-state index >= 15 is 0 Å². The van der Waals surface area contributed by atoms with Crippen LogP contribution in [-0.4, -0.2) is 18.3 Å². The third kappa shape index (κ3) is 1.82. The molecular formula is C13H23BO2. The summed E-state index contributed by atoms with van der Waals surface area (Å²) >= 11 is 0. The highest BCUT2D eigenvalue weighted by molar-refractivity contribution is 6.48. The maximum Gasteiger partial charge on any atom is 0.461 e. The molecule has 3 fully saturated rings. The summed E-state index contributed by atoms with van der Waals surface area (Å²) in [6.45, 7) is 8.58. The number of hydrogen-bond donors (Lipinski definition) is 0. The van der Waals surface area contributed by atoms with Crippen LogP contribution in [0, 0.1) is 11.8 Å². The molecule has 2 saturated carbocycles. The van der Waals surface area contributed by atoms with Gasteiger partial charge >= 0.3 is 7.12 Å². The van der Waals surface area contributed by atoms with Crippen molar-refractivity contribution < 1.29 is 9.31 Å². The van der Waals surface area contributed by atoms with Crippen LogP contribution in [0.25, 0.3) is 0 Å². The van der Waals surface area contributed by atoms with Crippen LogP contribution < -0.4 is 0 Å². The van der Waals surface area contributed by atoms with E-state index in [1.807, 2.05) is 0 Å². The summed E-state index contributed by atoms with van der Waals surface area (Å²) in [6, 6.07) is 0. The minimum absolute atomic E-state index is 0.0637. The van der Waals surface area contributed by atoms with Crippen molar-refractivity contribution in [2.75, 3.05) is 0 Å². The van der Waals surface area contributed by atoms with Gasteiger partial charge in [0.25, 0.3) is 0 Å². The van der Waals surface area contributed by atoms with Crippen LogP contribution in [0.3, 0.4) is 0 Å². The molecule has 1 heterocycles. The average Bonchev–Trinajstić information content (AvgIpc) is 2.99. The molecular weight excluding hydrogens is 199 g/mol. The van der Waals surface area contributed by atoms with Gasteiger partial charge in [-0.15, -0.1) is 0 Å². The molecule has 0 amide bonds. The highest BCUT2D eigenvalue weighted by Gasteiger charge is 2.59. The number of hydrogen-bond acceptors (Lipinski definition) is 2. The second-order valence-corrected chi connectivity index (χ2v) is 6.96. The molecule has 1 saturated heterocycles. The van der Waals surface area contributed by atoms with Crippen molar-refractivity contribution in [2.24, 2.45) is 11.8 Å². The first-order valence-corrected chi connectivity index (χ1v) is 6.75. The highest BCUT2D eigenvalue weighted by Crippen LogP contribution is 2.57. The Balaban J connectivity index is 1.58. The molecule has 0 aromatic carbocycles. The van der Waals surface area contributed by atoms with Gasteiger partial charge in [-0.2, -0.15) is 0 Å². The lowest BCUT2D eigenvalue weighted by Crippen LogP contribution is -2.41. The fraction of sp³-hybridized carbons (Fsp3) is 1.00. The Hall–Kier alpha value is -0.0151. The Labute approximate surface area is 99.2 Å². The van der Waals surface area contributed by atoms with Gasteiger partial charge in [-0.05, 0) is 58.2 Å². The second kappa shape index (κ2) is 3.26. The molecule has 2 nitrogen and oxygen atoms in total. The topological polar surface area (TPSA) is 18.5 Å². The predicted octanol–water partition coefficient (Wildman–Crippen LogP) is 3.27. The van der Waals surface area contributed by atoms with Gasteiger partial charge in [0.15, 0.2) is 0 Å². The molecule has 3 heteroatoms. The highest BCUT2D eigenvalue weighted by atomic mass is 16.7. The summed E-state index contributed by atoms with van der Waals surface area (Å²) in [7, 11) is 0.0637. The molecule has 90 valence electrons. The van der Waals surface area contributed by atoms with Crippen molar-refractivity contribution in [3.63, 3.8) is 0 Å². The van der Waals surface area contributed by atoms with E-state index in [2.05, 4.69) is 27.7 Å². The molecule has 16 heavy (non-hydrogen) atoms. The molecule has 1 aliphatic heterocycles. The zero-order valence-corrected chi connectivity index (χ0v) is 11.0. The monoisotopic (exact) mass is 222 g/mol. The van der Waals surface area contributed by atoms with E-state index in [0.717, 1.165) is 11.8 Å². The van der Waals surface area contributed by atoms with Crippen molar-refractivity contribution in [3.8, 4) is 0 Å². The lowest BCUT2D eigenvalue weighted by molar-refractivity contribution is 0.00578. The largest absolute Gasteiger partial charge is 0.461 e. The van der Waals surface area contributed by atoms with Crippen LogP contribution in [0.4, 0.5) is 0 Å². The van der Waals surface area contributed by atoms with E-state index in [1.165, 1.54) is 25.7 Å². The lowest BCUT2D eigenvalue weighted by atomic mass is 9.80. The Bertz CT molecular complexity index is 280. The van der Waals surface area contributed by atoms with Crippen molar-refractivity contribution in [3.05, 3.63) is 0 Å². The Morgan fingerprint density at radius 3 is 2.12 bits per heavy atom. The smallest absolute Gasteiger partial charge is 0.403 e. The van der Waals surface area contributed by atoms with Crippen LogP contribution in [0.15, 0.2) is 0 Å². The van der Waals surface area contributed by atoms with Gasteiger partial charge in [-0.25, -0.2) is 0 Å². The molecule has 0 aromatic rings. The predicted molar refractivity (Wildman–Crippen MR) is 65.3 cm³/mol. The van der Waals surface area contributed by atoms with Crippen LogP contribution in [0.5, 0.6) is 0 Å². The van der Waals surface area contributed by atoms with E-state index in [1.54, 1.807) is 0 Å². The van der Waals surface area contributed by atoms with E-state index in [9.17, 15) is 0 Å². The number of rotatable bonds is 3.